The van der Waals surface area contributed by atoms with Crippen molar-refractivity contribution in [1.82, 2.24) is 10.2 Å². The molecule has 0 saturated carbocycles. The van der Waals surface area contributed by atoms with Crippen LogP contribution in [0.25, 0.3) is 0 Å². The van der Waals surface area contributed by atoms with Gasteiger partial charge in [-0.05, 0) is 17.7 Å². The van der Waals surface area contributed by atoms with Gasteiger partial charge in [0.25, 0.3) is 5.69 Å². The van der Waals surface area contributed by atoms with Crippen molar-refractivity contribution in [3.8, 4) is 0 Å². The Morgan fingerprint density at radius 1 is 1.41 bits per heavy atom. The molecule has 0 bridgehead atoms. The summed E-state index contributed by atoms with van der Waals surface area (Å²) in [5, 5.41) is 22.5. The Kier molecular flexibility index (Phi) is 6.27. The van der Waals surface area contributed by atoms with Gasteiger partial charge >= 0.3 is 6.09 Å². The summed E-state index contributed by atoms with van der Waals surface area (Å²) in [5.74, 6) is 0. The number of nitrogens with zero attached hydrogens (tertiary/aromatic N) is 2. The quantitative estimate of drug-likeness (QED) is 0.556. The monoisotopic (exact) mass is 411 g/mol. The number of benzene rings is 1. The zero-order valence-electron chi connectivity index (χ0n) is 14.2. The van der Waals surface area contributed by atoms with Crippen LogP contribution in [0.5, 0.6) is 0 Å². The number of hydrogen-bond acceptors (Lipinski definition) is 6. The molecule has 1 aliphatic heterocycles. The van der Waals surface area contributed by atoms with Crippen LogP contribution in [0, 0.1) is 10.1 Å². The molecule has 2 aromatic rings. The second-order valence-electron chi connectivity index (χ2n) is 6.13. The minimum Gasteiger partial charge on any atom is -0.465 e. The van der Waals surface area contributed by atoms with Crippen molar-refractivity contribution in [2.24, 2.45) is 0 Å². The first-order valence-corrected chi connectivity index (χ1v) is 9.44. The van der Waals surface area contributed by atoms with Crippen molar-refractivity contribution in [2.45, 2.75) is 18.7 Å². The minimum atomic E-state index is -1.18. The molecule has 0 radical (unpaired) electrons. The first-order valence-electron chi connectivity index (χ1n) is 8.24. The average molecular weight is 412 g/mol. The molecular weight excluding hydrogens is 394 g/mol. The SMILES string of the molecule is O=C(O)NC(c1ccc([N+](=O)[O-])cc1)[C@@H]1CN(Cc2ccc(Cl)s2)CCO1. The van der Waals surface area contributed by atoms with Gasteiger partial charge in [0.2, 0.25) is 0 Å². The average Bonchev–Trinajstić information content (AvgIpc) is 3.04. The van der Waals surface area contributed by atoms with Gasteiger partial charge in [0, 0.05) is 36.6 Å². The Morgan fingerprint density at radius 3 is 2.74 bits per heavy atom. The van der Waals surface area contributed by atoms with Crippen LogP contribution < -0.4 is 5.32 Å². The second-order valence-corrected chi connectivity index (χ2v) is 7.93. The van der Waals surface area contributed by atoms with Crippen molar-refractivity contribution in [3.63, 3.8) is 0 Å². The predicted molar refractivity (Wildman–Crippen MR) is 101 cm³/mol. The van der Waals surface area contributed by atoms with Crippen LogP contribution in [0.4, 0.5) is 10.5 Å². The molecule has 1 aromatic carbocycles. The van der Waals surface area contributed by atoms with Gasteiger partial charge in [-0.25, -0.2) is 4.79 Å². The molecule has 2 atom stereocenters. The molecule has 8 nitrogen and oxygen atoms in total. The van der Waals surface area contributed by atoms with E-state index in [1.807, 2.05) is 12.1 Å². The normalized spacial score (nSPS) is 18.8. The number of amides is 1. The van der Waals surface area contributed by atoms with Crippen LogP contribution in [-0.4, -0.2) is 46.8 Å². The molecule has 1 fully saturated rings. The lowest BCUT2D eigenvalue weighted by Gasteiger charge is -2.36. The molecule has 1 aliphatic rings. The molecule has 10 heteroatoms. The van der Waals surface area contributed by atoms with Gasteiger partial charge in [-0.15, -0.1) is 11.3 Å². The number of non-ortho nitro benzene ring substituents is 1. The predicted octanol–water partition coefficient (Wildman–Crippen LogP) is 3.52. The van der Waals surface area contributed by atoms with Crippen molar-refractivity contribution in [1.29, 1.82) is 0 Å². The van der Waals surface area contributed by atoms with Crippen LogP contribution >= 0.6 is 22.9 Å². The third kappa shape index (κ3) is 5.16. The molecule has 1 aromatic heterocycles. The van der Waals surface area contributed by atoms with Gasteiger partial charge < -0.3 is 15.2 Å². The molecule has 2 heterocycles. The third-order valence-corrected chi connectivity index (χ3v) is 5.52. The molecule has 0 aliphatic carbocycles. The molecule has 144 valence electrons. The number of hydrogen-bond donors (Lipinski definition) is 2. The fourth-order valence-corrected chi connectivity index (χ4v) is 4.19. The highest BCUT2D eigenvalue weighted by molar-refractivity contribution is 7.16. The van der Waals surface area contributed by atoms with E-state index in [9.17, 15) is 20.0 Å². The van der Waals surface area contributed by atoms with Gasteiger partial charge in [-0.3, -0.25) is 15.0 Å². The van der Waals surface area contributed by atoms with E-state index < -0.39 is 23.2 Å². The molecule has 3 rings (SSSR count). The number of ether oxygens (including phenoxy) is 1. The summed E-state index contributed by atoms with van der Waals surface area (Å²) >= 11 is 7.49. The largest absolute Gasteiger partial charge is 0.465 e. The third-order valence-electron chi connectivity index (χ3n) is 4.30. The van der Waals surface area contributed by atoms with Crippen LogP contribution in [0.3, 0.4) is 0 Å². The molecule has 0 spiro atoms. The molecule has 2 N–H and O–H groups in total. The number of nitro benzene ring substituents is 1. The summed E-state index contributed by atoms with van der Waals surface area (Å²) in [5.41, 5.74) is 0.572. The van der Waals surface area contributed by atoms with E-state index in [1.54, 1.807) is 12.1 Å². The number of carbonyl (C=O) groups is 1. The van der Waals surface area contributed by atoms with Crippen LogP contribution in [-0.2, 0) is 11.3 Å². The Labute approximate surface area is 164 Å². The van der Waals surface area contributed by atoms with Gasteiger partial charge in [0.15, 0.2) is 0 Å². The number of rotatable bonds is 6. The fourth-order valence-electron chi connectivity index (χ4n) is 3.06. The first-order chi connectivity index (χ1) is 12.9. The Hall–Kier alpha value is -2.20. The van der Waals surface area contributed by atoms with Crippen LogP contribution in [0.15, 0.2) is 36.4 Å². The van der Waals surface area contributed by atoms with E-state index in [-0.39, 0.29) is 5.69 Å². The molecule has 1 saturated heterocycles. The second kappa shape index (κ2) is 8.66. The number of nitrogens with one attached hydrogen (secondary N) is 1. The molecule has 1 amide bonds. The van der Waals surface area contributed by atoms with Crippen molar-refractivity contribution >= 4 is 34.7 Å². The number of nitro groups is 1. The van der Waals surface area contributed by atoms with E-state index in [0.717, 1.165) is 15.8 Å². The molecule has 27 heavy (non-hydrogen) atoms. The Balaban J connectivity index is 1.75. The highest BCUT2D eigenvalue weighted by atomic mass is 35.5. The Morgan fingerprint density at radius 2 is 2.15 bits per heavy atom. The van der Waals surface area contributed by atoms with Gasteiger partial charge in [-0.2, -0.15) is 0 Å². The summed E-state index contributed by atoms with van der Waals surface area (Å²) in [6.07, 6.45) is -1.59. The number of carboxylic acid groups (broad SMARTS) is 1. The van der Waals surface area contributed by atoms with E-state index in [4.69, 9.17) is 16.3 Å². The van der Waals surface area contributed by atoms with Crippen molar-refractivity contribution in [2.75, 3.05) is 19.7 Å². The highest BCUT2D eigenvalue weighted by Crippen LogP contribution is 2.27. The lowest BCUT2D eigenvalue weighted by atomic mass is 9.99. The highest BCUT2D eigenvalue weighted by Gasteiger charge is 2.31. The van der Waals surface area contributed by atoms with Gasteiger partial charge in [-0.1, -0.05) is 23.7 Å². The maximum Gasteiger partial charge on any atom is 0.405 e. The molecular formula is C17H18ClN3O5S. The number of morpholine rings is 1. The summed E-state index contributed by atoms with van der Waals surface area (Å²) in [6, 6.07) is 9.03. The fraction of sp³-hybridized carbons (Fsp3) is 0.353. The van der Waals surface area contributed by atoms with Crippen LogP contribution in [0.2, 0.25) is 4.34 Å². The molecule has 1 unspecified atom stereocenters. The van der Waals surface area contributed by atoms with Gasteiger partial charge in [0.05, 0.1) is 28.0 Å². The lowest BCUT2D eigenvalue weighted by molar-refractivity contribution is -0.384. The smallest absolute Gasteiger partial charge is 0.405 e. The van der Waals surface area contributed by atoms with Crippen LogP contribution in [0.1, 0.15) is 16.5 Å². The summed E-state index contributed by atoms with van der Waals surface area (Å²) in [7, 11) is 0. The summed E-state index contributed by atoms with van der Waals surface area (Å²) in [6.45, 7) is 2.43. The van der Waals surface area contributed by atoms with E-state index in [1.165, 1.54) is 23.5 Å². The first kappa shape index (κ1) is 19.6. The zero-order valence-corrected chi connectivity index (χ0v) is 15.8. The van der Waals surface area contributed by atoms with E-state index >= 15 is 0 Å². The Bertz CT molecular complexity index is 813. The maximum atomic E-state index is 11.3. The van der Waals surface area contributed by atoms with E-state index in [2.05, 4.69) is 10.2 Å². The van der Waals surface area contributed by atoms with Crippen molar-refractivity contribution in [3.05, 3.63) is 61.3 Å². The summed E-state index contributed by atoms with van der Waals surface area (Å²) in [4.78, 5) is 24.9. The zero-order chi connectivity index (χ0) is 19.4. The maximum absolute atomic E-state index is 11.3. The standard InChI is InChI=1S/C17H18ClN3O5S/c18-15-6-5-13(27-15)9-20-7-8-26-14(10-20)16(19-17(22)23)11-1-3-12(4-2-11)21(24)25/h1-6,14,16,19H,7-10H2,(H,22,23)/t14-,16?/m0/s1. The lowest BCUT2D eigenvalue weighted by Crippen LogP contribution is -2.48. The topological polar surface area (TPSA) is 105 Å². The van der Waals surface area contributed by atoms with Gasteiger partial charge in [0.1, 0.15) is 0 Å². The number of thiophene rings is 1. The van der Waals surface area contributed by atoms with E-state index in [0.29, 0.717) is 25.3 Å². The summed E-state index contributed by atoms with van der Waals surface area (Å²) < 4.78 is 6.55. The van der Waals surface area contributed by atoms with Crippen molar-refractivity contribution < 1.29 is 19.6 Å². The number of halogens is 1. The minimum absolute atomic E-state index is 0.0476.